The maximum atomic E-state index is 13.4. The normalized spacial score (nSPS) is 14.2. The van der Waals surface area contributed by atoms with Gasteiger partial charge < -0.3 is 4.57 Å². The van der Waals surface area contributed by atoms with E-state index in [9.17, 15) is 14.0 Å². The smallest absolute Gasteiger partial charge is 0.164 e. The molecule has 1 heterocycles. The first-order chi connectivity index (χ1) is 9.61. The zero-order valence-corrected chi connectivity index (χ0v) is 11.1. The third-order valence-electron chi connectivity index (χ3n) is 3.78. The fourth-order valence-electron chi connectivity index (χ4n) is 2.85. The van der Waals surface area contributed by atoms with Crippen molar-refractivity contribution >= 4 is 12.1 Å². The van der Waals surface area contributed by atoms with E-state index < -0.39 is 5.82 Å². The molecule has 0 bridgehead atoms. The van der Waals surface area contributed by atoms with Crippen LogP contribution < -0.4 is 0 Å². The second kappa shape index (κ2) is 4.71. The molecular weight excluding hydrogens is 257 g/mol. The van der Waals surface area contributed by atoms with Gasteiger partial charge in [0.1, 0.15) is 5.82 Å². The van der Waals surface area contributed by atoms with Crippen LogP contribution in [0, 0.1) is 12.7 Å². The third-order valence-corrected chi connectivity index (χ3v) is 3.78. The van der Waals surface area contributed by atoms with Crippen LogP contribution in [0.4, 0.5) is 4.39 Å². The Morgan fingerprint density at radius 1 is 1.30 bits per heavy atom. The zero-order chi connectivity index (χ0) is 14.3. The second-order valence-corrected chi connectivity index (χ2v) is 5.10. The quantitative estimate of drug-likeness (QED) is 0.786. The van der Waals surface area contributed by atoms with Gasteiger partial charge in [0.2, 0.25) is 0 Å². The first kappa shape index (κ1) is 12.8. The minimum Gasteiger partial charge on any atom is -0.320 e. The lowest BCUT2D eigenvalue weighted by molar-refractivity contribution is 0.0971. The Hall–Kier alpha value is -2.23. The number of nitrogens with zero attached hydrogens (tertiary/aromatic N) is 1. The summed E-state index contributed by atoms with van der Waals surface area (Å²) in [6, 6.07) is 4.42. The van der Waals surface area contributed by atoms with Gasteiger partial charge in [0, 0.05) is 29.6 Å². The molecule has 0 saturated heterocycles. The number of aldehydes is 1. The first-order valence-electron chi connectivity index (χ1n) is 6.61. The van der Waals surface area contributed by atoms with E-state index in [1.165, 1.54) is 12.1 Å². The van der Waals surface area contributed by atoms with Crippen LogP contribution in [0.5, 0.6) is 0 Å². The molecule has 3 nitrogen and oxygen atoms in total. The summed E-state index contributed by atoms with van der Waals surface area (Å²) >= 11 is 0. The van der Waals surface area contributed by atoms with Gasteiger partial charge in [-0.05, 0) is 43.5 Å². The zero-order valence-electron chi connectivity index (χ0n) is 11.1. The van der Waals surface area contributed by atoms with Crippen molar-refractivity contribution in [2.75, 3.05) is 0 Å². The minimum absolute atomic E-state index is 0.0322. The van der Waals surface area contributed by atoms with Gasteiger partial charge in [-0.1, -0.05) is 0 Å². The molecule has 0 aliphatic heterocycles. The predicted octanol–water partition coefficient (Wildman–Crippen LogP) is 3.26. The van der Waals surface area contributed by atoms with Crippen LogP contribution in [-0.4, -0.2) is 16.6 Å². The van der Waals surface area contributed by atoms with Crippen molar-refractivity contribution < 1.29 is 14.0 Å². The van der Waals surface area contributed by atoms with Crippen LogP contribution in [-0.2, 0) is 6.42 Å². The van der Waals surface area contributed by atoms with Crippen molar-refractivity contribution in [2.45, 2.75) is 26.2 Å². The van der Waals surface area contributed by atoms with Gasteiger partial charge in [0.05, 0.1) is 5.56 Å². The molecule has 20 heavy (non-hydrogen) atoms. The number of hydrogen-bond acceptors (Lipinski definition) is 2. The van der Waals surface area contributed by atoms with Crippen molar-refractivity contribution in [1.82, 2.24) is 4.57 Å². The first-order valence-corrected chi connectivity index (χ1v) is 6.61. The molecule has 2 aromatic rings. The molecule has 0 spiro atoms. The summed E-state index contributed by atoms with van der Waals surface area (Å²) in [5, 5.41) is 0. The van der Waals surface area contributed by atoms with Gasteiger partial charge in [-0.15, -0.1) is 0 Å². The van der Waals surface area contributed by atoms with Crippen molar-refractivity contribution in [3.63, 3.8) is 0 Å². The fraction of sp³-hybridized carbons (Fsp3) is 0.250. The Kier molecular flexibility index (Phi) is 3.01. The van der Waals surface area contributed by atoms with E-state index in [0.717, 1.165) is 29.7 Å². The number of hydrogen-bond donors (Lipinski definition) is 0. The van der Waals surface area contributed by atoms with Crippen LogP contribution in [0.1, 0.15) is 44.8 Å². The highest BCUT2D eigenvalue weighted by atomic mass is 19.1. The number of halogens is 1. The number of carbonyl (C=O) groups excluding carboxylic acids is 2. The topological polar surface area (TPSA) is 39.1 Å². The molecule has 1 aromatic heterocycles. The van der Waals surface area contributed by atoms with Gasteiger partial charge in [0.25, 0.3) is 0 Å². The highest BCUT2D eigenvalue weighted by Gasteiger charge is 2.24. The van der Waals surface area contributed by atoms with Gasteiger partial charge in [-0.3, -0.25) is 9.59 Å². The molecular formula is C16H14FNO2. The van der Waals surface area contributed by atoms with Crippen LogP contribution in [0.2, 0.25) is 0 Å². The SMILES string of the molecule is Cc1cn(-c2ccc(F)c(C=O)c2)c2c1C(=O)CCC2. The molecule has 1 aromatic carbocycles. The van der Waals surface area contributed by atoms with E-state index in [2.05, 4.69) is 0 Å². The van der Waals surface area contributed by atoms with Crippen molar-refractivity contribution in [2.24, 2.45) is 0 Å². The maximum absolute atomic E-state index is 13.4. The molecule has 0 atom stereocenters. The summed E-state index contributed by atoms with van der Waals surface area (Å²) in [5.74, 6) is -0.363. The number of benzene rings is 1. The minimum atomic E-state index is -0.530. The summed E-state index contributed by atoms with van der Waals surface area (Å²) in [6.45, 7) is 1.91. The molecule has 0 saturated carbocycles. The fourth-order valence-corrected chi connectivity index (χ4v) is 2.85. The largest absolute Gasteiger partial charge is 0.320 e. The highest BCUT2D eigenvalue weighted by molar-refractivity contribution is 5.99. The van der Waals surface area contributed by atoms with Crippen LogP contribution >= 0.6 is 0 Å². The molecule has 1 aliphatic carbocycles. The van der Waals surface area contributed by atoms with Crippen molar-refractivity contribution in [3.8, 4) is 5.69 Å². The van der Waals surface area contributed by atoms with E-state index in [1.807, 2.05) is 17.7 Å². The monoisotopic (exact) mass is 271 g/mol. The lowest BCUT2D eigenvalue weighted by Crippen LogP contribution is -2.13. The molecule has 102 valence electrons. The number of carbonyl (C=O) groups is 2. The van der Waals surface area contributed by atoms with E-state index in [-0.39, 0.29) is 11.3 Å². The molecule has 0 fully saturated rings. The number of rotatable bonds is 2. The molecule has 4 heteroatoms. The average Bonchev–Trinajstić information content (AvgIpc) is 2.78. The Morgan fingerprint density at radius 3 is 2.85 bits per heavy atom. The summed E-state index contributed by atoms with van der Waals surface area (Å²) < 4.78 is 15.3. The number of aryl methyl sites for hydroxylation is 1. The highest BCUT2D eigenvalue weighted by Crippen LogP contribution is 2.29. The standard InChI is InChI=1S/C16H14FNO2/c1-10-8-18(14-3-2-4-15(20)16(10)14)12-5-6-13(17)11(7-12)9-19/h5-9H,2-4H2,1H3. The van der Waals surface area contributed by atoms with Crippen LogP contribution in [0.25, 0.3) is 5.69 Å². The Morgan fingerprint density at radius 2 is 2.10 bits per heavy atom. The number of fused-ring (bicyclic) bond motifs is 1. The molecule has 1 aliphatic rings. The van der Waals surface area contributed by atoms with E-state index in [1.54, 1.807) is 6.07 Å². The lowest BCUT2D eigenvalue weighted by atomic mass is 9.94. The van der Waals surface area contributed by atoms with Crippen molar-refractivity contribution in [1.29, 1.82) is 0 Å². The lowest BCUT2D eigenvalue weighted by Gasteiger charge is -2.15. The van der Waals surface area contributed by atoms with Gasteiger partial charge in [-0.25, -0.2) is 4.39 Å². The molecule has 0 N–H and O–H groups in total. The summed E-state index contributed by atoms with van der Waals surface area (Å²) in [7, 11) is 0. The molecule has 3 rings (SSSR count). The van der Waals surface area contributed by atoms with Crippen LogP contribution in [0.3, 0.4) is 0 Å². The van der Waals surface area contributed by atoms with Gasteiger partial charge in [-0.2, -0.15) is 0 Å². The van der Waals surface area contributed by atoms with Crippen molar-refractivity contribution in [3.05, 3.63) is 52.6 Å². The predicted molar refractivity (Wildman–Crippen MR) is 73.1 cm³/mol. The van der Waals surface area contributed by atoms with Gasteiger partial charge >= 0.3 is 0 Å². The van der Waals surface area contributed by atoms with E-state index in [4.69, 9.17) is 0 Å². The average molecular weight is 271 g/mol. The number of ketones is 1. The molecule has 0 unspecified atom stereocenters. The second-order valence-electron chi connectivity index (χ2n) is 5.10. The maximum Gasteiger partial charge on any atom is 0.164 e. The number of aromatic nitrogens is 1. The number of Topliss-reactive ketones (excluding diaryl/α,β-unsaturated/α-hetero) is 1. The Labute approximate surface area is 116 Å². The molecule has 0 amide bonds. The van der Waals surface area contributed by atoms with Crippen LogP contribution in [0.15, 0.2) is 24.4 Å². The molecule has 0 radical (unpaired) electrons. The Bertz CT molecular complexity index is 716. The van der Waals surface area contributed by atoms with Gasteiger partial charge in [0.15, 0.2) is 12.1 Å². The van der Waals surface area contributed by atoms with E-state index in [0.29, 0.717) is 18.4 Å². The third kappa shape index (κ3) is 1.88. The summed E-state index contributed by atoms with van der Waals surface area (Å²) in [5.41, 5.74) is 3.43. The summed E-state index contributed by atoms with van der Waals surface area (Å²) in [6.07, 6.45) is 4.63. The Balaban J connectivity index is 2.18. The summed E-state index contributed by atoms with van der Waals surface area (Å²) in [4.78, 5) is 22.9. The van der Waals surface area contributed by atoms with E-state index >= 15 is 0 Å².